The Morgan fingerprint density at radius 3 is 2.83 bits per heavy atom. The Hall–Kier alpha value is -2.63. The van der Waals surface area contributed by atoms with E-state index in [1.165, 1.54) is 17.3 Å². The third-order valence-electron chi connectivity index (χ3n) is 4.05. The van der Waals surface area contributed by atoms with E-state index in [4.69, 9.17) is 0 Å². The molecule has 0 spiro atoms. The molecule has 0 aromatic heterocycles. The quantitative estimate of drug-likeness (QED) is 0.900. The average molecular weight is 331 g/mol. The number of hydrogen-bond donors (Lipinski definition) is 2. The normalized spacial score (nSPS) is 13.3. The van der Waals surface area contributed by atoms with Crippen molar-refractivity contribution >= 4 is 17.4 Å². The molecule has 0 unspecified atom stereocenters. The van der Waals surface area contributed by atoms with Gasteiger partial charge in [0.1, 0.15) is 11.6 Å². The standard InChI is InChI=1S/C18H19F2N3O/c19-14-7-8-16(15(20)12-14)22-18(24)21-9-11-23-10-3-5-13-4-1-2-6-17(13)23/h1-2,4,6-8,12H,3,5,9-11H2,(H2,21,22,24). The smallest absolute Gasteiger partial charge is 0.319 e. The largest absolute Gasteiger partial charge is 0.370 e. The van der Waals surface area contributed by atoms with E-state index in [0.717, 1.165) is 31.5 Å². The third-order valence-corrected chi connectivity index (χ3v) is 4.05. The van der Waals surface area contributed by atoms with Crippen LogP contribution in [0, 0.1) is 11.6 Å². The molecule has 3 rings (SSSR count). The number of urea groups is 1. The van der Waals surface area contributed by atoms with Gasteiger partial charge in [-0.1, -0.05) is 18.2 Å². The Balaban J connectivity index is 1.51. The molecule has 1 aliphatic rings. The predicted molar refractivity (Wildman–Crippen MR) is 90.4 cm³/mol. The predicted octanol–water partition coefficient (Wildman–Crippen LogP) is 3.54. The average Bonchev–Trinajstić information content (AvgIpc) is 2.58. The molecule has 126 valence electrons. The molecule has 1 aliphatic heterocycles. The lowest BCUT2D eigenvalue weighted by atomic mass is 10.0. The number of para-hydroxylation sites is 1. The fourth-order valence-corrected chi connectivity index (χ4v) is 2.91. The molecule has 0 radical (unpaired) electrons. The van der Waals surface area contributed by atoms with Gasteiger partial charge < -0.3 is 15.5 Å². The molecule has 0 saturated heterocycles. The molecular weight excluding hydrogens is 312 g/mol. The molecule has 2 amide bonds. The van der Waals surface area contributed by atoms with Crippen molar-refractivity contribution in [2.45, 2.75) is 12.8 Å². The van der Waals surface area contributed by atoms with Gasteiger partial charge in [0.25, 0.3) is 0 Å². The highest BCUT2D eigenvalue weighted by atomic mass is 19.1. The molecule has 0 fully saturated rings. The molecule has 2 aromatic rings. The van der Waals surface area contributed by atoms with Gasteiger partial charge in [0.15, 0.2) is 0 Å². The molecule has 1 heterocycles. The van der Waals surface area contributed by atoms with Crippen molar-refractivity contribution in [3.8, 4) is 0 Å². The first-order chi connectivity index (χ1) is 11.6. The number of anilines is 2. The Kier molecular flexibility index (Phi) is 4.93. The zero-order valence-corrected chi connectivity index (χ0v) is 13.2. The van der Waals surface area contributed by atoms with E-state index in [9.17, 15) is 13.6 Å². The summed E-state index contributed by atoms with van der Waals surface area (Å²) in [7, 11) is 0. The van der Waals surface area contributed by atoms with Crippen LogP contribution in [-0.4, -0.2) is 25.7 Å². The van der Waals surface area contributed by atoms with Crippen molar-refractivity contribution in [3.63, 3.8) is 0 Å². The fourth-order valence-electron chi connectivity index (χ4n) is 2.91. The zero-order chi connectivity index (χ0) is 16.9. The second-order valence-corrected chi connectivity index (χ2v) is 5.72. The summed E-state index contributed by atoms with van der Waals surface area (Å²) < 4.78 is 26.3. The van der Waals surface area contributed by atoms with Gasteiger partial charge >= 0.3 is 6.03 Å². The molecule has 0 atom stereocenters. The van der Waals surface area contributed by atoms with Crippen LogP contribution in [0.4, 0.5) is 25.0 Å². The maximum atomic E-state index is 13.5. The van der Waals surface area contributed by atoms with Gasteiger partial charge in [-0.25, -0.2) is 13.6 Å². The Bertz CT molecular complexity index is 736. The van der Waals surface area contributed by atoms with Crippen LogP contribution in [0.3, 0.4) is 0 Å². The van der Waals surface area contributed by atoms with Crippen LogP contribution in [0.15, 0.2) is 42.5 Å². The first-order valence-corrected chi connectivity index (χ1v) is 7.96. The summed E-state index contributed by atoms with van der Waals surface area (Å²) in [6.07, 6.45) is 2.16. The molecule has 4 nitrogen and oxygen atoms in total. The van der Waals surface area contributed by atoms with E-state index in [1.54, 1.807) is 0 Å². The lowest BCUT2D eigenvalue weighted by molar-refractivity contribution is 0.252. The van der Waals surface area contributed by atoms with Crippen LogP contribution in [0.1, 0.15) is 12.0 Å². The van der Waals surface area contributed by atoms with Gasteiger partial charge in [0, 0.05) is 31.4 Å². The van der Waals surface area contributed by atoms with E-state index in [1.807, 2.05) is 12.1 Å². The fraction of sp³-hybridized carbons (Fsp3) is 0.278. The number of nitrogens with one attached hydrogen (secondary N) is 2. The van der Waals surface area contributed by atoms with Gasteiger partial charge in [-0.05, 0) is 36.6 Å². The number of fused-ring (bicyclic) bond motifs is 1. The van der Waals surface area contributed by atoms with Gasteiger partial charge in [-0.2, -0.15) is 0 Å². The number of amides is 2. The van der Waals surface area contributed by atoms with Crippen LogP contribution in [-0.2, 0) is 6.42 Å². The number of halogens is 2. The first-order valence-electron chi connectivity index (χ1n) is 7.96. The van der Waals surface area contributed by atoms with Crippen LogP contribution in [0.5, 0.6) is 0 Å². The van der Waals surface area contributed by atoms with Crippen LogP contribution >= 0.6 is 0 Å². The Morgan fingerprint density at radius 2 is 2.00 bits per heavy atom. The van der Waals surface area contributed by atoms with Crippen molar-refractivity contribution in [1.29, 1.82) is 0 Å². The second-order valence-electron chi connectivity index (χ2n) is 5.72. The highest BCUT2D eigenvalue weighted by Gasteiger charge is 2.16. The summed E-state index contributed by atoms with van der Waals surface area (Å²) >= 11 is 0. The van der Waals surface area contributed by atoms with Crippen molar-refractivity contribution < 1.29 is 13.6 Å². The summed E-state index contributed by atoms with van der Waals surface area (Å²) in [6, 6.07) is 10.8. The van der Waals surface area contributed by atoms with Gasteiger partial charge in [0.05, 0.1) is 5.69 Å². The number of benzene rings is 2. The Labute approximate surface area is 139 Å². The number of hydrogen-bond acceptors (Lipinski definition) is 2. The number of carbonyl (C=O) groups is 1. The monoisotopic (exact) mass is 331 g/mol. The molecule has 2 aromatic carbocycles. The van der Waals surface area contributed by atoms with E-state index >= 15 is 0 Å². The highest BCUT2D eigenvalue weighted by molar-refractivity contribution is 5.89. The molecule has 6 heteroatoms. The molecule has 0 bridgehead atoms. The van der Waals surface area contributed by atoms with Crippen molar-refractivity contribution in [3.05, 3.63) is 59.7 Å². The van der Waals surface area contributed by atoms with Gasteiger partial charge in [-0.3, -0.25) is 0 Å². The van der Waals surface area contributed by atoms with Gasteiger partial charge in [0.2, 0.25) is 0 Å². The maximum Gasteiger partial charge on any atom is 0.319 e. The maximum absolute atomic E-state index is 13.5. The third kappa shape index (κ3) is 3.82. The lowest BCUT2D eigenvalue weighted by Crippen LogP contribution is -2.39. The topological polar surface area (TPSA) is 44.4 Å². The number of rotatable bonds is 4. The van der Waals surface area contributed by atoms with Crippen LogP contribution in [0.2, 0.25) is 0 Å². The van der Waals surface area contributed by atoms with Crippen molar-refractivity contribution in [2.24, 2.45) is 0 Å². The molecule has 0 saturated carbocycles. The highest BCUT2D eigenvalue weighted by Crippen LogP contribution is 2.26. The van der Waals surface area contributed by atoms with Crippen LogP contribution in [0.25, 0.3) is 0 Å². The summed E-state index contributed by atoms with van der Waals surface area (Å²) in [4.78, 5) is 14.1. The lowest BCUT2D eigenvalue weighted by Gasteiger charge is -2.31. The molecular formula is C18H19F2N3O. The van der Waals surface area contributed by atoms with E-state index in [2.05, 4.69) is 27.7 Å². The minimum Gasteiger partial charge on any atom is -0.370 e. The minimum absolute atomic E-state index is 0.0442. The number of aryl methyl sites for hydroxylation is 1. The molecule has 2 N–H and O–H groups in total. The first kappa shape index (κ1) is 16.2. The molecule has 24 heavy (non-hydrogen) atoms. The van der Waals surface area contributed by atoms with Crippen LogP contribution < -0.4 is 15.5 Å². The van der Waals surface area contributed by atoms with E-state index in [0.29, 0.717) is 13.1 Å². The van der Waals surface area contributed by atoms with E-state index in [-0.39, 0.29) is 5.69 Å². The van der Waals surface area contributed by atoms with Gasteiger partial charge in [-0.15, -0.1) is 0 Å². The van der Waals surface area contributed by atoms with E-state index < -0.39 is 17.7 Å². The number of carbonyl (C=O) groups excluding carboxylic acids is 1. The Morgan fingerprint density at radius 1 is 1.17 bits per heavy atom. The summed E-state index contributed by atoms with van der Waals surface area (Å²) in [5.41, 5.74) is 2.48. The van der Waals surface area contributed by atoms with Crippen molar-refractivity contribution in [1.82, 2.24) is 5.32 Å². The minimum atomic E-state index is -0.796. The summed E-state index contributed by atoms with van der Waals surface area (Å²) in [6.45, 7) is 2.06. The SMILES string of the molecule is O=C(NCCN1CCCc2ccccc21)Nc1ccc(F)cc1F. The molecule has 0 aliphatic carbocycles. The number of nitrogens with zero attached hydrogens (tertiary/aromatic N) is 1. The summed E-state index contributed by atoms with van der Waals surface area (Å²) in [5, 5.41) is 5.08. The second kappa shape index (κ2) is 7.29. The summed E-state index contributed by atoms with van der Waals surface area (Å²) in [5.74, 6) is -1.47. The van der Waals surface area contributed by atoms with Crippen molar-refractivity contribution in [2.75, 3.05) is 29.9 Å². The zero-order valence-electron chi connectivity index (χ0n) is 13.2.